The zero-order valence-electron chi connectivity index (χ0n) is 17.3. The number of nitro groups is 1. The Morgan fingerprint density at radius 1 is 1.14 bits per heavy atom. The van der Waals surface area contributed by atoms with Crippen LogP contribution in [-0.4, -0.2) is 16.2 Å². The number of anilines is 1. The average Bonchev–Trinajstić information content (AvgIpc) is 2.69. The lowest BCUT2D eigenvalue weighted by Gasteiger charge is -2.27. The number of hydrogen-bond acceptors (Lipinski definition) is 5. The van der Waals surface area contributed by atoms with Crippen molar-refractivity contribution in [2.75, 3.05) is 5.43 Å². The number of benzene rings is 2. The van der Waals surface area contributed by atoms with Crippen molar-refractivity contribution in [3.8, 4) is 5.75 Å². The third-order valence-corrected chi connectivity index (χ3v) is 5.52. The van der Waals surface area contributed by atoms with Crippen LogP contribution in [0.15, 0.2) is 41.5 Å². The Morgan fingerprint density at radius 2 is 1.79 bits per heavy atom. The third-order valence-electron chi connectivity index (χ3n) is 5.52. The Balaban J connectivity index is 1.86. The number of nitro benzene ring substituents is 1. The first-order valence-electron chi connectivity index (χ1n) is 10.2. The molecule has 1 saturated carbocycles. The molecule has 0 unspecified atom stereocenters. The molecule has 2 aromatic carbocycles. The van der Waals surface area contributed by atoms with Crippen LogP contribution >= 0.6 is 0 Å². The summed E-state index contributed by atoms with van der Waals surface area (Å²) in [6, 6.07) is 10.3. The SMILES string of the molecule is CC(C)(C)c1cc(C2CCCCC2)cc(/C=N\Nc2ccc([N+](=O)[O-])cc2)c1O. The van der Waals surface area contributed by atoms with Gasteiger partial charge in [0.05, 0.1) is 16.8 Å². The molecular weight excluding hydrogens is 366 g/mol. The van der Waals surface area contributed by atoms with Gasteiger partial charge in [0, 0.05) is 23.3 Å². The van der Waals surface area contributed by atoms with E-state index >= 15 is 0 Å². The summed E-state index contributed by atoms with van der Waals surface area (Å²) < 4.78 is 0. The molecule has 2 aromatic rings. The van der Waals surface area contributed by atoms with E-state index in [1.54, 1.807) is 18.3 Å². The Bertz CT molecular complexity index is 893. The van der Waals surface area contributed by atoms with Crippen molar-refractivity contribution in [1.29, 1.82) is 0 Å². The normalized spacial score (nSPS) is 15.6. The van der Waals surface area contributed by atoms with Crippen molar-refractivity contribution >= 4 is 17.6 Å². The van der Waals surface area contributed by atoms with E-state index < -0.39 is 4.92 Å². The molecule has 3 rings (SSSR count). The second-order valence-electron chi connectivity index (χ2n) is 8.77. The molecule has 1 fully saturated rings. The van der Waals surface area contributed by atoms with E-state index in [4.69, 9.17) is 0 Å². The van der Waals surface area contributed by atoms with Gasteiger partial charge in [-0.15, -0.1) is 0 Å². The highest BCUT2D eigenvalue weighted by molar-refractivity contribution is 5.85. The van der Waals surface area contributed by atoms with E-state index in [2.05, 4.69) is 37.4 Å². The predicted octanol–water partition coefficient (Wildman–Crippen LogP) is 6.09. The highest BCUT2D eigenvalue weighted by Gasteiger charge is 2.24. The molecule has 2 N–H and O–H groups in total. The fourth-order valence-electron chi connectivity index (χ4n) is 3.86. The molecule has 154 valence electrons. The molecule has 0 spiro atoms. The number of nitrogens with zero attached hydrogens (tertiary/aromatic N) is 2. The maximum absolute atomic E-state index is 10.8. The first-order valence-corrected chi connectivity index (χ1v) is 10.2. The van der Waals surface area contributed by atoms with E-state index in [1.165, 1.54) is 49.8 Å². The van der Waals surface area contributed by atoms with Crippen molar-refractivity contribution in [2.45, 2.75) is 64.2 Å². The first kappa shape index (κ1) is 20.8. The van der Waals surface area contributed by atoms with Gasteiger partial charge in [-0.3, -0.25) is 15.5 Å². The topological polar surface area (TPSA) is 87.8 Å². The molecule has 0 amide bonds. The summed E-state index contributed by atoms with van der Waals surface area (Å²) in [4.78, 5) is 10.3. The van der Waals surface area contributed by atoms with Crippen LogP contribution < -0.4 is 5.43 Å². The molecule has 29 heavy (non-hydrogen) atoms. The van der Waals surface area contributed by atoms with Crippen LogP contribution in [0.4, 0.5) is 11.4 Å². The molecule has 6 heteroatoms. The molecular formula is C23H29N3O3. The van der Waals surface area contributed by atoms with Gasteiger partial charge in [-0.05, 0) is 47.9 Å². The Morgan fingerprint density at radius 3 is 2.38 bits per heavy atom. The van der Waals surface area contributed by atoms with Gasteiger partial charge in [-0.25, -0.2) is 0 Å². The van der Waals surface area contributed by atoms with Gasteiger partial charge < -0.3 is 5.11 Å². The van der Waals surface area contributed by atoms with E-state index in [1.807, 2.05) is 6.07 Å². The second kappa shape index (κ2) is 8.64. The van der Waals surface area contributed by atoms with Gasteiger partial charge in [0.2, 0.25) is 0 Å². The lowest BCUT2D eigenvalue weighted by Crippen LogP contribution is -2.14. The minimum absolute atomic E-state index is 0.0344. The monoisotopic (exact) mass is 395 g/mol. The van der Waals surface area contributed by atoms with E-state index in [-0.39, 0.29) is 16.9 Å². The van der Waals surface area contributed by atoms with Crippen molar-refractivity contribution < 1.29 is 10.0 Å². The van der Waals surface area contributed by atoms with Crippen LogP contribution in [0.2, 0.25) is 0 Å². The molecule has 0 saturated heterocycles. The Kier molecular flexibility index (Phi) is 6.20. The maximum Gasteiger partial charge on any atom is 0.269 e. The molecule has 0 bridgehead atoms. The average molecular weight is 396 g/mol. The van der Waals surface area contributed by atoms with Crippen LogP contribution in [0.3, 0.4) is 0 Å². The zero-order chi connectivity index (χ0) is 21.0. The van der Waals surface area contributed by atoms with Crippen LogP contribution in [0.1, 0.15) is 75.5 Å². The van der Waals surface area contributed by atoms with Crippen LogP contribution in [0, 0.1) is 10.1 Å². The summed E-state index contributed by atoms with van der Waals surface area (Å²) >= 11 is 0. The quantitative estimate of drug-likeness (QED) is 0.364. The third kappa shape index (κ3) is 5.13. The van der Waals surface area contributed by atoms with Crippen LogP contribution in [0.25, 0.3) is 0 Å². The van der Waals surface area contributed by atoms with Crippen molar-refractivity contribution in [3.05, 3.63) is 63.2 Å². The number of aromatic hydroxyl groups is 1. The molecule has 0 heterocycles. The van der Waals surface area contributed by atoms with Crippen LogP contribution in [-0.2, 0) is 5.41 Å². The minimum atomic E-state index is -0.435. The van der Waals surface area contributed by atoms with Gasteiger partial charge in [0.15, 0.2) is 0 Å². The highest BCUT2D eigenvalue weighted by atomic mass is 16.6. The zero-order valence-corrected chi connectivity index (χ0v) is 17.3. The Labute approximate surface area is 171 Å². The summed E-state index contributed by atoms with van der Waals surface area (Å²) in [6.07, 6.45) is 7.80. The summed E-state index contributed by atoms with van der Waals surface area (Å²) in [6.45, 7) is 6.30. The number of hydrogen-bond donors (Lipinski definition) is 2. The van der Waals surface area contributed by atoms with Gasteiger partial charge in [-0.1, -0.05) is 46.1 Å². The van der Waals surface area contributed by atoms with Gasteiger partial charge in [0.1, 0.15) is 5.75 Å². The van der Waals surface area contributed by atoms with E-state index in [0.29, 0.717) is 17.2 Å². The lowest BCUT2D eigenvalue weighted by molar-refractivity contribution is -0.384. The molecule has 0 aliphatic heterocycles. The fraction of sp³-hybridized carbons (Fsp3) is 0.435. The van der Waals surface area contributed by atoms with Gasteiger partial charge in [0.25, 0.3) is 5.69 Å². The summed E-state index contributed by atoms with van der Waals surface area (Å²) in [5.74, 6) is 0.784. The number of phenolic OH excluding ortho intramolecular Hbond substituents is 1. The molecule has 6 nitrogen and oxygen atoms in total. The number of non-ortho nitro benzene ring substituents is 1. The Hall–Kier alpha value is -2.89. The smallest absolute Gasteiger partial charge is 0.269 e. The van der Waals surface area contributed by atoms with E-state index in [9.17, 15) is 15.2 Å². The van der Waals surface area contributed by atoms with Crippen molar-refractivity contribution in [1.82, 2.24) is 0 Å². The van der Waals surface area contributed by atoms with Crippen molar-refractivity contribution in [3.63, 3.8) is 0 Å². The van der Waals surface area contributed by atoms with E-state index in [0.717, 1.165) is 5.56 Å². The standard InChI is InChI=1S/C23H29N3O3/c1-23(2,3)21-14-17(16-7-5-4-6-8-16)13-18(22(21)27)15-24-25-19-9-11-20(12-10-19)26(28)29/h9-16,25,27H,4-8H2,1-3H3/b24-15-. The lowest BCUT2D eigenvalue weighted by atomic mass is 9.79. The molecule has 1 aliphatic rings. The van der Waals surface area contributed by atoms with Gasteiger partial charge in [-0.2, -0.15) is 5.10 Å². The summed E-state index contributed by atoms with van der Waals surface area (Å²) in [7, 11) is 0. The maximum atomic E-state index is 10.8. The molecule has 0 atom stereocenters. The molecule has 0 radical (unpaired) electrons. The molecule has 0 aromatic heterocycles. The fourth-order valence-corrected chi connectivity index (χ4v) is 3.86. The van der Waals surface area contributed by atoms with Crippen molar-refractivity contribution in [2.24, 2.45) is 5.10 Å². The predicted molar refractivity (Wildman–Crippen MR) is 117 cm³/mol. The number of rotatable bonds is 5. The summed E-state index contributed by atoms with van der Waals surface area (Å²) in [5, 5.41) is 25.9. The van der Waals surface area contributed by atoms with Gasteiger partial charge >= 0.3 is 0 Å². The minimum Gasteiger partial charge on any atom is -0.507 e. The number of hydrazone groups is 1. The highest BCUT2D eigenvalue weighted by Crippen LogP contribution is 2.39. The molecule has 1 aliphatic carbocycles. The summed E-state index contributed by atoms with van der Waals surface area (Å²) in [5.41, 5.74) is 6.26. The first-order chi connectivity index (χ1) is 13.8. The number of phenols is 1. The second-order valence-corrected chi connectivity index (χ2v) is 8.77. The van der Waals surface area contributed by atoms with Crippen LogP contribution in [0.5, 0.6) is 5.75 Å². The largest absolute Gasteiger partial charge is 0.507 e. The number of nitrogens with one attached hydrogen (secondary N) is 1.